The number of amides is 2. The first-order valence-electron chi connectivity index (χ1n) is 17.9. The molecule has 0 spiro atoms. The second kappa shape index (κ2) is 23.4. The number of hydrogen-bond acceptors (Lipinski definition) is 4. The molecule has 0 atom stereocenters. The fourth-order valence-electron chi connectivity index (χ4n) is 5.27. The standard InChI is InChI=1S/2C23H31NO2/c2*1-8-24-23(25)14-17(3)11-9-10-16(2)12-13-21-18(4)15-22(26-7)20(6)19(21)5/h2*9-15H,8H2,1-7H3,(H,24,25)/b2*11-9+,13-12+,16-10+,17-14+. The van der Waals surface area contributed by atoms with Gasteiger partial charge >= 0.3 is 0 Å². The molecule has 2 amide bonds. The zero-order valence-corrected chi connectivity index (χ0v) is 34.1. The molecule has 0 fully saturated rings. The summed E-state index contributed by atoms with van der Waals surface area (Å²) >= 11 is 0. The van der Waals surface area contributed by atoms with Crippen LogP contribution >= 0.6 is 0 Å². The van der Waals surface area contributed by atoms with Gasteiger partial charge in [-0.3, -0.25) is 9.59 Å². The van der Waals surface area contributed by atoms with Crippen molar-refractivity contribution >= 4 is 24.0 Å². The Balaban J connectivity index is 0.000000520. The van der Waals surface area contributed by atoms with E-state index in [1.54, 1.807) is 26.4 Å². The first-order chi connectivity index (χ1) is 24.6. The normalized spacial score (nSPS) is 12.9. The highest BCUT2D eigenvalue weighted by Gasteiger charge is 2.09. The lowest BCUT2D eigenvalue weighted by molar-refractivity contribution is -0.117. The van der Waals surface area contributed by atoms with Crippen molar-refractivity contribution in [2.45, 2.75) is 83.1 Å². The fourth-order valence-corrected chi connectivity index (χ4v) is 5.27. The van der Waals surface area contributed by atoms with Crippen LogP contribution in [0.5, 0.6) is 11.5 Å². The number of likely N-dealkylation sites (N-methyl/N-ethyl adjacent to an activating group) is 2. The number of methoxy groups -OCH3 is 2. The van der Waals surface area contributed by atoms with Gasteiger partial charge in [-0.2, -0.15) is 0 Å². The summed E-state index contributed by atoms with van der Waals surface area (Å²) in [7, 11) is 3.41. The molecular formula is C46H62N2O4. The third-order valence-corrected chi connectivity index (χ3v) is 8.54. The number of benzene rings is 2. The molecule has 0 unspecified atom stereocenters. The summed E-state index contributed by atoms with van der Waals surface area (Å²) in [6.07, 6.45) is 23.6. The van der Waals surface area contributed by atoms with Crippen LogP contribution in [0, 0.1) is 41.5 Å². The number of rotatable bonds is 14. The van der Waals surface area contributed by atoms with E-state index in [1.807, 2.05) is 64.2 Å². The summed E-state index contributed by atoms with van der Waals surface area (Å²) < 4.78 is 10.9. The molecular weight excluding hydrogens is 645 g/mol. The third kappa shape index (κ3) is 15.4. The van der Waals surface area contributed by atoms with E-state index in [0.29, 0.717) is 13.1 Å². The van der Waals surface area contributed by atoms with Gasteiger partial charge in [-0.25, -0.2) is 0 Å². The zero-order chi connectivity index (χ0) is 39.4. The molecule has 0 aliphatic heterocycles. The maximum Gasteiger partial charge on any atom is 0.244 e. The Morgan fingerprint density at radius 3 is 1.21 bits per heavy atom. The predicted octanol–water partition coefficient (Wildman–Crippen LogP) is 10.4. The maximum atomic E-state index is 11.5. The topological polar surface area (TPSA) is 76.7 Å². The molecule has 2 aromatic carbocycles. The number of carbonyl (C=O) groups excluding carboxylic acids is 2. The van der Waals surface area contributed by atoms with Crippen molar-refractivity contribution in [1.82, 2.24) is 10.6 Å². The average Bonchev–Trinajstić information content (AvgIpc) is 3.08. The van der Waals surface area contributed by atoms with E-state index in [1.165, 1.54) is 44.5 Å². The third-order valence-electron chi connectivity index (χ3n) is 8.54. The smallest absolute Gasteiger partial charge is 0.244 e. The highest BCUT2D eigenvalue weighted by Crippen LogP contribution is 2.29. The summed E-state index contributed by atoms with van der Waals surface area (Å²) in [5, 5.41) is 5.51. The number of carbonyl (C=O) groups is 2. The highest BCUT2D eigenvalue weighted by molar-refractivity contribution is 5.89. The molecule has 6 nitrogen and oxygen atoms in total. The van der Waals surface area contributed by atoms with Gasteiger partial charge in [0.2, 0.25) is 11.8 Å². The Hall–Kier alpha value is -5.10. The van der Waals surface area contributed by atoms with Crippen molar-refractivity contribution in [3.8, 4) is 11.5 Å². The average molecular weight is 707 g/mol. The first-order valence-corrected chi connectivity index (χ1v) is 17.9. The van der Waals surface area contributed by atoms with E-state index < -0.39 is 0 Å². The highest BCUT2D eigenvalue weighted by atomic mass is 16.5. The van der Waals surface area contributed by atoms with Crippen molar-refractivity contribution in [2.75, 3.05) is 27.3 Å². The van der Waals surface area contributed by atoms with E-state index in [4.69, 9.17) is 9.47 Å². The second-order valence-corrected chi connectivity index (χ2v) is 12.9. The Kier molecular flexibility index (Phi) is 20.2. The fraction of sp³-hybridized carbons (Fsp3) is 0.348. The van der Waals surface area contributed by atoms with Gasteiger partial charge in [0, 0.05) is 25.2 Å². The molecule has 0 aromatic heterocycles. The quantitative estimate of drug-likeness (QED) is 0.151. The summed E-state index contributed by atoms with van der Waals surface area (Å²) in [5.41, 5.74) is 13.8. The van der Waals surface area contributed by atoms with Gasteiger partial charge in [-0.15, -0.1) is 0 Å². The number of hydrogen-bond donors (Lipinski definition) is 2. The lowest BCUT2D eigenvalue weighted by Crippen LogP contribution is -2.20. The minimum absolute atomic E-state index is 0.0592. The van der Waals surface area contributed by atoms with Crippen LogP contribution in [0.25, 0.3) is 12.2 Å². The van der Waals surface area contributed by atoms with Crippen LogP contribution in [0.2, 0.25) is 0 Å². The number of ether oxygens (including phenoxy) is 2. The van der Waals surface area contributed by atoms with Gasteiger partial charge in [0.25, 0.3) is 0 Å². The number of nitrogens with one attached hydrogen (secondary N) is 2. The maximum absolute atomic E-state index is 11.5. The minimum Gasteiger partial charge on any atom is -0.496 e. The van der Waals surface area contributed by atoms with Crippen LogP contribution in [0.1, 0.15) is 86.1 Å². The Morgan fingerprint density at radius 1 is 0.558 bits per heavy atom. The zero-order valence-electron chi connectivity index (χ0n) is 34.1. The van der Waals surface area contributed by atoms with E-state index in [0.717, 1.165) is 33.8 Å². The molecule has 6 heteroatoms. The van der Waals surface area contributed by atoms with Crippen LogP contribution in [-0.2, 0) is 9.59 Å². The second-order valence-electron chi connectivity index (χ2n) is 12.9. The minimum atomic E-state index is -0.0592. The molecule has 52 heavy (non-hydrogen) atoms. The van der Waals surface area contributed by atoms with E-state index in [2.05, 4.69) is 102 Å². The summed E-state index contributed by atoms with van der Waals surface area (Å²) in [6, 6.07) is 4.16. The van der Waals surface area contributed by atoms with Crippen LogP contribution in [-0.4, -0.2) is 39.1 Å². The predicted molar refractivity (Wildman–Crippen MR) is 223 cm³/mol. The summed E-state index contributed by atoms with van der Waals surface area (Å²) in [5.74, 6) is 1.75. The number of aryl methyl sites for hydroxylation is 2. The van der Waals surface area contributed by atoms with Gasteiger partial charge in [0.1, 0.15) is 11.5 Å². The SMILES string of the molecule is CCNC(=O)/C=C(C)/C=C/C=C(C)/C=C/c1c(C)cc(OC)c(C)c1C.CCNC(=O)/C=C(C)/C=C/C=C(C)/C=C/c1c(C)cc(OC)c(C)c1C. The Labute approximate surface area is 314 Å². The monoisotopic (exact) mass is 706 g/mol. The molecule has 2 N–H and O–H groups in total. The summed E-state index contributed by atoms with van der Waals surface area (Å²) in [6.45, 7) is 25.7. The van der Waals surface area contributed by atoms with Gasteiger partial charge in [0.05, 0.1) is 14.2 Å². The largest absolute Gasteiger partial charge is 0.496 e. The molecule has 2 rings (SSSR count). The van der Waals surface area contributed by atoms with Crippen molar-refractivity contribution in [3.63, 3.8) is 0 Å². The molecule has 2 aromatic rings. The summed E-state index contributed by atoms with van der Waals surface area (Å²) in [4.78, 5) is 23.0. The van der Waals surface area contributed by atoms with Gasteiger partial charge in [0.15, 0.2) is 0 Å². The van der Waals surface area contributed by atoms with E-state index in [9.17, 15) is 9.59 Å². The van der Waals surface area contributed by atoms with Crippen molar-refractivity contribution in [1.29, 1.82) is 0 Å². The van der Waals surface area contributed by atoms with Crippen molar-refractivity contribution < 1.29 is 19.1 Å². The van der Waals surface area contributed by atoms with Gasteiger partial charge in [-0.05, 0) is 151 Å². The van der Waals surface area contributed by atoms with Crippen LogP contribution in [0.15, 0.2) is 95.2 Å². The Bertz CT molecular complexity index is 1660. The molecule has 280 valence electrons. The molecule has 0 heterocycles. The van der Waals surface area contributed by atoms with Crippen LogP contribution in [0.3, 0.4) is 0 Å². The van der Waals surface area contributed by atoms with Gasteiger partial charge in [-0.1, -0.05) is 71.9 Å². The first kappa shape index (κ1) is 44.9. The van der Waals surface area contributed by atoms with E-state index in [-0.39, 0.29) is 11.8 Å². The molecule has 0 bridgehead atoms. The molecule has 0 saturated heterocycles. The van der Waals surface area contributed by atoms with Gasteiger partial charge < -0.3 is 20.1 Å². The number of allylic oxidation sites excluding steroid dienone is 12. The van der Waals surface area contributed by atoms with Crippen LogP contribution < -0.4 is 20.1 Å². The van der Waals surface area contributed by atoms with Crippen molar-refractivity contribution in [3.05, 3.63) is 140 Å². The lowest BCUT2D eigenvalue weighted by atomic mass is 9.96. The van der Waals surface area contributed by atoms with Crippen LogP contribution in [0.4, 0.5) is 0 Å². The lowest BCUT2D eigenvalue weighted by Gasteiger charge is -2.13. The van der Waals surface area contributed by atoms with Crippen molar-refractivity contribution in [2.24, 2.45) is 0 Å². The van der Waals surface area contributed by atoms with E-state index >= 15 is 0 Å². The molecule has 0 radical (unpaired) electrons. The Morgan fingerprint density at radius 2 is 0.904 bits per heavy atom. The molecule has 0 aliphatic rings. The molecule has 0 aliphatic carbocycles. The molecule has 0 saturated carbocycles.